The molecule has 2 fully saturated rings. The molecule has 6 nitrogen and oxygen atoms in total. The summed E-state index contributed by atoms with van der Waals surface area (Å²) in [7, 11) is 0. The molecule has 0 spiro atoms. The predicted molar refractivity (Wildman–Crippen MR) is 158 cm³/mol. The highest BCUT2D eigenvalue weighted by Gasteiger charge is 2.42. The highest BCUT2D eigenvalue weighted by atomic mass is 32.1. The number of likely N-dealkylation sites (tertiary alicyclic amines) is 1. The molecule has 2 aromatic carbocycles. The van der Waals surface area contributed by atoms with E-state index in [9.17, 15) is 9.59 Å². The van der Waals surface area contributed by atoms with Gasteiger partial charge in [0, 0.05) is 37.8 Å². The van der Waals surface area contributed by atoms with Gasteiger partial charge in [-0.3, -0.25) is 14.5 Å². The molecule has 0 radical (unpaired) electrons. The molecule has 2 aliphatic rings. The van der Waals surface area contributed by atoms with Gasteiger partial charge in [0.1, 0.15) is 6.04 Å². The molecule has 1 aromatic heterocycles. The Morgan fingerprint density at radius 1 is 1.00 bits per heavy atom. The number of thiophene rings is 1. The fraction of sp³-hybridized carbons (Fsp3) is 0.438. The first-order valence-electron chi connectivity index (χ1n) is 14.2. The summed E-state index contributed by atoms with van der Waals surface area (Å²) in [5.74, 6) is -0.0704. The quantitative estimate of drug-likeness (QED) is 0.407. The number of amides is 2. The summed E-state index contributed by atoms with van der Waals surface area (Å²) in [6.07, 6.45) is 5.22. The SMILES string of the molecule is Cc1ccccc1CN(CCc1ccccc1)C1CC(C(=O)NC2CCC(N)CC2)N(C(=O)c2cccs2)C1. The van der Waals surface area contributed by atoms with Crippen molar-refractivity contribution in [2.24, 2.45) is 5.73 Å². The van der Waals surface area contributed by atoms with Crippen LogP contribution in [0.5, 0.6) is 0 Å². The molecular weight excluding hydrogens is 504 g/mol. The third kappa shape index (κ3) is 6.96. The number of nitrogens with two attached hydrogens (primary N) is 1. The Morgan fingerprint density at radius 2 is 1.74 bits per heavy atom. The Hall–Kier alpha value is -3.00. The average Bonchev–Trinajstić information content (AvgIpc) is 3.65. The van der Waals surface area contributed by atoms with Gasteiger partial charge in [0.2, 0.25) is 5.91 Å². The summed E-state index contributed by atoms with van der Waals surface area (Å²) in [4.78, 5) is 32.3. The van der Waals surface area contributed by atoms with Gasteiger partial charge in [0.15, 0.2) is 0 Å². The van der Waals surface area contributed by atoms with E-state index in [1.165, 1.54) is 28.0 Å². The lowest BCUT2D eigenvalue weighted by atomic mass is 9.91. The number of hydrogen-bond acceptors (Lipinski definition) is 5. The number of nitrogens with one attached hydrogen (secondary N) is 1. The molecule has 3 aromatic rings. The van der Waals surface area contributed by atoms with E-state index in [4.69, 9.17) is 5.73 Å². The fourth-order valence-electron chi connectivity index (χ4n) is 5.97. The summed E-state index contributed by atoms with van der Waals surface area (Å²) >= 11 is 1.44. The number of aryl methyl sites for hydroxylation is 1. The molecule has 2 amide bonds. The standard InChI is InChI=1S/C32H40N4O2S/c1-23-8-5-6-11-25(23)21-35(18-17-24-9-3-2-4-10-24)28-20-29(31(37)34-27-15-13-26(33)14-16-27)36(22-28)32(38)30-12-7-19-39-30/h2-12,19,26-29H,13-18,20-22,33H2,1H3,(H,34,37). The van der Waals surface area contributed by atoms with E-state index in [1.807, 2.05) is 28.5 Å². The van der Waals surface area contributed by atoms with Gasteiger partial charge in [-0.05, 0) is 73.6 Å². The Kier molecular flexibility index (Phi) is 9.12. The lowest BCUT2D eigenvalue weighted by Crippen LogP contribution is -2.50. The minimum atomic E-state index is -0.476. The first-order valence-corrected chi connectivity index (χ1v) is 15.1. The Balaban J connectivity index is 1.37. The van der Waals surface area contributed by atoms with Crippen LogP contribution >= 0.6 is 11.3 Å². The third-order valence-corrected chi connectivity index (χ3v) is 9.23. The highest BCUT2D eigenvalue weighted by Crippen LogP contribution is 2.28. The lowest BCUT2D eigenvalue weighted by molar-refractivity contribution is -0.125. The summed E-state index contributed by atoms with van der Waals surface area (Å²) in [5, 5.41) is 5.21. The van der Waals surface area contributed by atoms with Crippen molar-refractivity contribution in [2.45, 2.75) is 76.2 Å². The van der Waals surface area contributed by atoms with Gasteiger partial charge in [-0.25, -0.2) is 0 Å². The average molecular weight is 545 g/mol. The molecule has 206 valence electrons. The zero-order chi connectivity index (χ0) is 27.2. The van der Waals surface area contributed by atoms with Crippen molar-refractivity contribution in [1.29, 1.82) is 0 Å². The number of hydrogen-bond donors (Lipinski definition) is 2. The summed E-state index contributed by atoms with van der Waals surface area (Å²) < 4.78 is 0. The van der Waals surface area contributed by atoms with Crippen LogP contribution in [0, 0.1) is 6.92 Å². The van der Waals surface area contributed by atoms with Crippen molar-refractivity contribution in [2.75, 3.05) is 13.1 Å². The second kappa shape index (κ2) is 12.9. The van der Waals surface area contributed by atoms with E-state index in [0.29, 0.717) is 17.8 Å². The molecule has 3 N–H and O–H groups in total. The van der Waals surface area contributed by atoms with Crippen LogP contribution in [-0.2, 0) is 17.8 Å². The molecule has 2 unspecified atom stereocenters. The van der Waals surface area contributed by atoms with Gasteiger partial charge in [-0.15, -0.1) is 11.3 Å². The van der Waals surface area contributed by atoms with Crippen LogP contribution in [0.1, 0.15) is 58.5 Å². The first-order chi connectivity index (χ1) is 19.0. The smallest absolute Gasteiger partial charge is 0.264 e. The van der Waals surface area contributed by atoms with Crippen molar-refractivity contribution in [3.8, 4) is 0 Å². The molecule has 1 aliphatic carbocycles. The zero-order valence-corrected chi connectivity index (χ0v) is 23.6. The normalized spacial score (nSPS) is 23.2. The predicted octanol–water partition coefficient (Wildman–Crippen LogP) is 4.77. The van der Waals surface area contributed by atoms with Crippen molar-refractivity contribution >= 4 is 23.2 Å². The van der Waals surface area contributed by atoms with Crippen molar-refractivity contribution in [3.05, 3.63) is 93.7 Å². The second-order valence-electron chi connectivity index (χ2n) is 11.1. The van der Waals surface area contributed by atoms with Gasteiger partial charge in [-0.1, -0.05) is 60.7 Å². The maximum Gasteiger partial charge on any atom is 0.264 e. The van der Waals surface area contributed by atoms with E-state index >= 15 is 0 Å². The Labute approximate surface area is 236 Å². The second-order valence-corrected chi connectivity index (χ2v) is 12.0. The van der Waals surface area contributed by atoms with Crippen molar-refractivity contribution < 1.29 is 9.59 Å². The number of carbonyl (C=O) groups is 2. The maximum atomic E-state index is 13.7. The molecule has 0 bridgehead atoms. The topological polar surface area (TPSA) is 78.7 Å². The molecule has 1 saturated heterocycles. The van der Waals surface area contributed by atoms with Crippen LogP contribution < -0.4 is 11.1 Å². The van der Waals surface area contributed by atoms with Crippen LogP contribution in [0.2, 0.25) is 0 Å². The number of nitrogens with zero attached hydrogens (tertiary/aromatic N) is 2. The fourth-order valence-corrected chi connectivity index (χ4v) is 6.65. The van der Waals surface area contributed by atoms with Crippen LogP contribution in [0.4, 0.5) is 0 Å². The zero-order valence-electron chi connectivity index (χ0n) is 22.8. The van der Waals surface area contributed by atoms with Crippen LogP contribution in [-0.4, -0.2) is 58.9 Å². The van der Waals surface area contributed by atoms with E-state index < -0.39 is 6.04 Å². The lowest BCUT2D eigenvalue weighted by Gasteiger charge is -2.30. The maximum absolute atomic E-state index is 13.7. The molecule has 39 heavy (non-hydrogen) atoms. The van der Waals surface area contributed by atoms with E-state index in [1.54, 1.807) is 0 Å². The van der Waals surface area contributed by atoms with E-state index in [-0.39, 0.29) is 29.9 Å². The van der Waals surface area contributed by atoms with Crippen LogP contribution in [0.25, 0.3) is 0 Å². The van der Waals surface area contributed by atoms with Crippen molar-refractivity contribution in [3.63, 3.8) is 0 Å². The van der Waals surface area contributed by atoms with Gasteiger partial charge in [0.25, 0.3) is 5.91 Å². The first kappa shape index (κ1) is 27.6. The van der Waals surface area contributed by atoms with Gasteiger partial charge >= 0.3 is 0 Å². The van der Waals surface area contributed by atoms with Gasteiger partial charge in [0.05, 0.1) is 4.88 Å². The molecule has 2 heterocycles. The highest BCUT2D eigenvalue weighted by molar-refractivity contribution is 7.12. The molecular formula is C32H40N4O2S. The summed E-state index contributed by atoms with van der Waals surface area (Å²) in [5.41, 5.74) is 9.93. The number of carbonyl (C=O) groups excluding carboxylic acids is 2. The molecule has 7 heteroatoms. The van der Waals surface area contributed by atoms with Crippen molar-refractivity contribution in [1.82, 2.24) is 15.1 Å². The van der Waals surface area contributed by atoms with Gasteiger partial charge in [-0.2, -0.15) is 0 Å². The van der Waals surface area contributed by atoms with Crippen LogP contribution in [0.15, 0.2) is 72.1 Å². The number of benzene rings is 2. The van der Waals surface area contributed by atoms with E-state index in [2.05, 4.69) is 65.7 Å². The minimum Gasteiger partial charge on any atom is -0.352 e. The van der Waals surface area contributed by atoms with E-state index in [0.717, 1.165) is 45.2 Å². The monoisotopic (exact) mass is 544 g/mol. The number of rotatable bonds is 9. The van der Waals surface area contributed by atoms with Gasteiger partial charge < -0.3 is 16.0 Å². The van der Waals surface area contributed by atoms with Crippen LogP contribution in [0.3, 0.4) is 0 Å². The minimum absolute atomic E-state index is 0.0261. The molecule has 1 saturated carbocycles. The largest absolute Gasteiger partial charge is 0.352 e. The summed E-state index contributed by atoms with van der Waals surface area (Å²) in [6.45, 7) is 4.35. The molecule has 2 atom stereocenters. The molecule has 1 aliphatic heterocycles. The Bertz CT molecular complexity index is 1220. The molecule has 5 rings (SSSR count). The Morgan fingerprint density at radius 3 is 2.46 bits per heavy atom. The third-order valence-electron chi connectivity index (χ3n) is 8.37. The summed E-state index contributed by atoms with van der Waals surface area (Å²) in [6, 6.07) is 22.8.